The van der Waals surface area contributed by atoms with Gasteiger partial charge in [0.1, 0.15) is 17.6 Å². The average Bonchev–Trinajstić information content (AvgIpc) is 3.14. The van der Waals surface area contributed by atoms with Gasteiger partial charge in [0.2, 0.25) is 0 Å². The predicted molar refractivity (Wildman–Crippen MR) is 89.4 cm³/mol. The molecule has 2 aromatic heterocycles. The van der Waals surface area contributed by atoms with E-state index in [4.69, 9.17) is 9.15 Å². The number of likely N-dealkylation sites (N-methyl/N-ethyl adjacent to an activating group) is 1. The van der Waals surface area contributed by atoms with Gasteiger partial charge in [0.05, 0.1) is 12.2 Å². The van der Waals surface area contributed by atoms with Crippen molar-refractivity contribution in [2.75, 3.05) is 20.2 Å². The maximum Gasteiger partial charge on any atom is 0.133 e. The maximum absolute atomic E-state index is 5.99. The number of rotatable bonds is 6. The molecule has 1 fully saturated rings. The summed E-state index contributed by atoms with van der Waals surface area (Å²) in [5, 5.41) is 7.31. The molecule has 126 valence electrons. The highest BCUT2D eigenvalue weighted by Crippen LogP contribution is 2.29. The SMILES string of the molecule is Cc1n[nH]c(C)c1CCN(C)Cc1ccc([C@@H]2CCCCO2)o1. The first-order chi connectivity index (χ1) is 11.1. The summed E-state index contributed by atoms with van der Waals surface area (Å²) in [5.41, 5.74) is 3.60. The Morgan fingerprint density at radius 3 is 2.87 bits per heavy atom. The number of hydrogen-bond donors (Lipinski definition) is 1. The molecule has 1 N–H and O–H groups in total. The van der Waals surface area contributed by atoms with Crippen LogP contribution < -0.4 is 0 Å². The van der Waals surface area contributed by atoms with E-state index >= 15 is 0 Å². The van der Waals surface area contributed by atoms with Gasteiger partial charge in [-0.2, -0.15) is 5.10 Å². The molecule has 0 saturated carbocycles. The van der Waals surface area contributed by atoms with Crippen molar-refractivity contribution >= 4 is 0 Å². The summed E-state index contributed by atoms with van der Waals surface area (Å²) in [5.74, 6) is 1.99. The van der Waals surface area contributed by atoms with Crippen LogP contribution in [0.15, 0.2) is 16.5 Å². The Bertz CT molecular complexity index is 607. The van der Waals surface area contributed by atoms with E-state index in [2.05, 4.69) is 48.1 Å². The molecule has 23 heavy (non-hydrogen) atoms. The molecule has 0 radical (unpaired) electrons. The van der Waals surface area contributed by atoms with E-state index in [0.29, 0.717) is 0 Å². The smallest absolute Gasteiger partial charge is 0.133 e. The number of aryl methyl sites for hydroxylation is 2. The third kappa shape index (κ3) is 4.03. The Hall–Kier alpha value is -1.59. The molecule has 0 aliphatic carbocycles. The number of aromatic amines is 1. The van der Waals surface area contributed by atoms with Crippen molar-refractivity contribution in [2.45, 2.75) is 52.2 Å². The number of nitrogens with one attached hydrogen (secondary N) is 1. The van der Waals surface area contributed by atoms with Gasteiger partial charge >= 0.3 is 0 Å². The lowest BCUT2D eigenvalue weighted by atomic mass is 10.1. The fraction of sp³-hybridized carbons (Fsp3) is 0.611. The molecule has 1 aliphatic heterocycles. The van der Waals surface area contributed by atoms with E-state index in [1.807, 2.05) is 0 Å². The lowest BCUT2D eigenvalue weighted by molar-refractivity contribution is 0.000933. The van der Waals surface area contributed by atoms with Gasteiger partial charge < -0.3 is 9.15 Å². The first-order valence-corrected chi connectivity index (χ1v) is 8.52. The standard InChI is InChI=1S/C18H27N3O2/c1-13-16(14(2)20-19-13)9-10-21(3)12-15-7-8-18(23-15)17-6-4-5-11-22-17/h7-8,17H,4-6,9-12H2,1-3H3,(H,19,20)/t17-/m0/s1. The number of hydrogen-bond acceptors (Lipinski definition) is 4. The quantitative estimate of drug-likeness (QED) is 0.885. The third-order valence-corrected chi connectivity index (χ3v) is 4.63. The number of H-pyrrole nitrogens is 1. The Morgan fingerprint density at radius 1 is 1.30 bits per heavy atom. The molecular weight excluding hydrogens is 290 g/mol. The van der Waals surface area contributed by atoms with E-state index in [0.717, 1.165) is 49.8 Å². The van der Waals surface area contributed by atoms with E-state index in [9.17, 15) is 0 Å². The van der Waals surface area contributed by atoms with Crippen molar-refractivity contribution in [1.82, 2.24) is 15.1 Å². The van der Waals surface area contributed by atoms with Gasteiger partial charge in [-0.25, -0.2) is 0 Å². The monoisotopic (exact) mass is 317 g/mol. The zero-order valence-electron chi connectivity index (χ0n) is 14.4. The van der Waals surface area contributed by atoms with Crippen molar-refractivity contribution in [3.63, 3.8) is 0 Å². The molecule has 0 spiro atoms. The number of furan rings is 1. The van der Waals surface area contributed by atoms with Crippen LogP contribution in [0.5, 0.6) is 0 Å². The summed E-state index contributed by atoms with van der Waals surface area (Å²) < 4.78 is 11.8. The van der Waals surface area contributed by atoms with Crippen LogP contribution in [0.2, 0.25) is 0 Å². The van der Waals surface area contributed by atoms with E-state index < -0.39 is 0 Å². The molecule has 0 bridgehead atoms. The predicted octanol–water partition coefficient (Wildman–Crippen LogP) is 3.54. The summed E-state index contributed by atoms with van der Waals surface area (Å²) in [7, 11) is 2.13. The van der Waals surface area contributed by atoms with Crippen LogP contribution in [0, 0.1) is 13.8 Å². The fourth-order valence-electron chi connectivity index (χ4n) is 3.21. The lowest BCUT2D eigenvalue weighted by Gasteiger charge is -2.20. The molecule has 5 nitrogen and oxygen atoms in total. The molecule has 0 amide bonds. The highest BCUT2D eigenvalue weighted by Gasteiger charge is 2.19. The fourth-order valence-corrected chi connectivity index (χ4v) is 3.21. The second-order valence-electron chi connectivity index (χ2n) is 6.56. The van der Waals surface area contributed by atoms with Gasteiger partial charge in [-0.1, -0.05) is 0 Å². The minimum Gasteiger partial charge on any atom is -0.462 e. The van der Waals surface area contributed by atoms with Crippen LogP contribution in [0.3, 0.4) is 0 Å². The number of nitrogens with zero attached hydrogens (tertiary/aromatic N) is 2. The normalized spacial score (nSPS) is 18.7. The van der Waals surface area contributed by atoms with Gasteiger partial charge in [0.25, 0.3) is 0 Å². The van der Waals surface area contributed by atoms with Crippen LogP contribution >= 0.6 is 0 Å². The highest BCUT2D eigenvalue weighted by atomic mass is 16.5. The van der Waals surface area contributed by atoms with Gasteiger partial charge in [0, 0.05) is 18.8 Å². The van der Waals surface area contributed by atoms with Crippen molar-refractivity contribution in [3.05, 3.63) is 40.6 Å². The first-order valence-electron chi connectivity index (χ1n) is 8.52. The summed E-state index contributed by atoms with van der Waals surface area (Å²) in [6, 6.07) is 4.15. The van der Waals surface area contributed by atoms with Crippen molar-refractivity contribution in [1.29, 1.82) is 0 Å². The summed E-state index contributed by atoms with van der Waals surface area (Å²) in [4.78, 5) is 2.29. The van der Waals surface area contributed by atoms with Crippen molar-refractivity contribution < 1.29 is 9.15 Å². The third-order valence-electron chi connectivity index (χ3n) is 4.63. The summed E-state index contributed by atoms with van der Waals surface area (Å²) in [6.07, 6.45) is 4.62. The van der Waals surface area contributed by atoms with Crippen molar-refractivity contribution in [3.8, 4) is 0 Å². The van der Waals surface area contributed by atoms with Gasteiger partial charge in [0.15, 0.2) is 0 Å². The van der Waals surface area contributed by atoms with Crippen LogP contribution in [-0.4, -0.2) is 35.3 Å². The summed E-state index contributed by atoms with van der Waals surface area (Å²) in [6.45, 7) is 6.80. The first kappa shape index (κ1) is 16.3. The van der Waals surface area contributed by atoms with Crippen LogP contribution in [-0.2, 0) is 17.7 Å². The van der Waals surface area contributed by atoms with Gasteiger partial charge in [-0.05, 0) is 64.3 Å². The van der Waals surface area contributed by atoms with E-state index in [-0.39, 0.29) is 6.10 Å². The van der Waals surface area contributed by atoms with Crippen LogP contribution in [0.4, 0.5) is 0 Å². The summed E-state index contributed by atoms with van der Waals surface area (Å²) >= 11 is 0. The van der Waals surface area contributed by atoms with Gasteiger partial charge in [-0.3, -0.25) is 10.00 Å². The zero-order chi connectivity index (χ0) is 16.2. The molecule has 5 heteroatoms. The minimum atomic E-state index is 0.152. The van der Waals surface area contributed by atoms with E-state index in [1.165, 1.54) is 24.1 Å². The number of ether oxygens (including phenoxy) is 1. The minimum absolute atomic E-state index is 0.152. The molecule has 1 atom stereocenters. The van der Waals surface area contributed by atoms with E-state index in [1.54, 1.807) is 0 Å². The Balaban J connectivity index is 1.51. The lowest BCUT2D eigenvalue weighted by Crippen LogP contribution is -2.20. The molecule has 3 heterocycles. The van der Waals surface area contributed by atoms with Crippen LogP contribution in [0.1, 0.15) is 53.8 Å². The van der Waals surface area contributed by atoms with Crippen LogP contribution in [0.25, 0.3) is 0 Å². The largest absolute Gasteiger partial charge is 0.462 e. The molecule has 2 aromatic rings. The molecule has 1 saturated heterocycles. The molecule has 0 unspecified atom stereocenters. The molecule has 3 rings (SSSR count). The van der Waals surface area contributed by atoms with Crippen molar-refractivity contribution in [2.24, 2.45) is 0 Å². The zero-order valence-corrected chi connectivity index (χ0v) is 14.4. The topological polar surface area (TPSA) is 54.3 Å². The second-order valence-corrected chi connectivity index (χ2v) is 6.56. The second kappa shape index (κ2) is 7.32. The number of aromatic nitrogens is 2. The Labute approximate surface area is 138 Å². The molecular formula is C18H27N3O2. The molecule has 1 aliphatic rings. The average molecular weight is 317 g/mol. The maximum atomic E-state index is 5.99. The Kier molecular flexibility index (Phi) is 5.18. The highest BCUT2D eigenvalue weighted by molar-refractivity contribution is 5.23. The Morgan fingerprint density at radius 2 is 2.17 bits per heavy atom. The van der Waals surface area contributed by atoms with Gasteiger partial charge in [-0.15, -0.1) is 0 Å². The molecule has 0 aromatic carbocycles.